The number of benzene rings is 1. The zero-order valence-electron chi connectivity index (χ0n) is 11.7. The minimum atomic E-state index is 0.525. The predicted octanol–water partition coefficient (Wildman–Crippen LogP) is 3.56. The van der Waals surface area contributed by atoms with Crippen LogP contribution in [0.25, 0.3) is 11.3 Å². The Morgan fingerprint density at radius 1 is 1.05 bits per heavy atom. The van der Waals surface area contributed by atoms with Gasteiger partial charge in [0.05, 0.1) is 5.69 Å². The Morgan fingerprint density at radius 3 is 2.50 bits per heavy atom. The fourth-order valence-corrected chi connectivity index (χ4v) is 2.81. The normalized spacial score (nSPS) is 15.4. The first kappa shape index (κ1) is 13.1. The van der Waals surface area contributed by atoms with Gasteiger partial charge in [0.1, 0.15) is 5.82 Å². The summed E-state index contributed by atoms with van der Waals surface area (Å²) in [5, 5.41) is 3.58. The van der Waals surface area contributed by atoms with E-state index in [1.807, 2.05) is 18.2 Å². The molecule has 3 rings (SSSR count). The molecule has 1 aromatic heterocycles. The SMILES string of the molecule is NCc1ccc(-c2ccccc2)nc1NC1CCCC1. The summed E-state index contributed by atoms with van der Waals surface area (Å²) in [6.07, 6.45) is 5.10. The van der Waals surface area contributed by atoms with E-state index in [2.05, 4.69) is 29.6 Å². The van der Waals surface area contributed by atoms with Gasteiger partial charge in [-0.15, -0.1) is 0 Å². The number of nitrogens with zero attached hydrogens (tertiary/aromatic N) is 1. The number of hydrogen-bond donors (Lipinski definition) is 2. The van der Waals surface area contributed by atoms with Gasteiger partial charge >= 0.3 is 0 Å². The second-order valence-corrected chi connectivity index (χ2v) is 5.40. The zero-order chi connectivity index (χ0) is 13.8. The number of hydrogen-bond acceptors (Lipinski definition) is 3. The van der Waals surface area contributed by atoms with Gasteiger partial charge in [0, 0.05) is 23.7 Å². The highest BCUT2D eigenvalue weighted by Gasteiger charge is 2.16. The van der Waals surface area contributed by atoms with E-state index in [-0.39, 0.29) is 0 Å². The third-order valence-electron chi connectivity index (χ3n) is 3.96. The van der Waals surface area contributed by atoms with Crippen molar-refractivity contribution in [3.8, 4) is 11.3 Å². The Kier molecular flexibility index (Phi) is 3.97. The van der Waals surface area contributed by atoms with Gasteiger partial charge in [-0.05, 0) is 18.9 Å². The van der Waals surface area contributed by atoms with Crippen LogP contribution in [0.1, 0.15) is 31.2 Å². The molecule has 1 fully saturated rings. The second kappa shape index (κ2) is 6.06. The summed E-state index contributed by atoms with van der Waals surface area (Å²) in [6.45, 7) is 0.525. The van der Waals surface area contributed by atoms with Crippen LogP contribution in [0.2, 0.25) is 0 Å². The van der Waals surface area contributed by atoms with Crippen LogP contribution in [0.5, 0.6) is 0 Å². The molecule has 20 heavy (non-hydrogen) atoms. The lowest BCUT2D eigenvalue weighted by molar-refractivity contribution is 0.748. The molecule has 0 radical (unpaired) electrons. The summed E-state index contributed by atoms with van der Waals surface area (Å²) < 4.78 is 0. The number of rotatable bonds is 4. The number of nitrogens with two attached hydrogens (primary N) is 1. The number of aromatic nitrogens is 1. The maximum Gasteiger partial charge on any atom is 0.131 e. The lowest BCUT2D eigenvalue weighted by Gasteiger charge is -2.16. The molecule has 3 heteroatoms. The van der Waals surface area contributed by atoms with Crippen LogP contribution in [-0.4, -0.2) is 11.0 Å². The maximum atomic E-state index is 5.83. The lowest BCUT2D eigenvalue weighted by atomic mass is 10.1. The predicted molar refractivity (Wildman–Crippen MR) is 83.4 cm³/mol. The zero-order valence-corrected chi connectivity index (χ0v) is 11.7. The van der Waals surface area contributed by atoms with Gasteiger partial charge < -0.3 is 11.1 Å². The molecule has 3 nitrogen and oxygen atoms in total. The van der Waals surface area contributed by atoms with Crippen LogP contribution in [0.4, 0.5) is 5.82 Å². The number of nitrogens with one attached hydrogen (secondary N) is 1. The molecular weight excluding hydrogens is 246 g/mol. The monoisotopic (exact) mass is 267 g/mol. The summed E-state index contributed by atoms with van der Waals surface area (Å²) >= 11 is 0. The molecule has 104 valence electrons. The Balaban J connectivity index is 1.90. The van der Waals surface area contributed by atoms with E-state index in [0.29, 0.717) is 12.6 Å². The fourth-order valence-electron chi connectivity index (χ4n) is 2.81. The van der Waals surface area contributed by atoms with E-state index < -0.39 is 0 Å². The van der Waals surface area contributed by atoms with E-state index in [0.717, 1.165) is 22.6 Å². The molecule has 0 amide bonds. The third kappa shape index (κ3) is 2.83. The Labute approximate surface area is 120 Å². The van der Waals surface area contributed by atoms with Crippen LogP contribution in [0.3, 0.4) is 0 Å². The van der Waals surface area contributed by atoms with Crippen molar-refractivity contribution in [3.05, 3.63) is 48.0 Å². The molecule has 2 aromatic rings. The second-order valence-electron chi connectivity index (χ2n) is 5.40. The van der Waals surface area contributed by atoms with Gasteiger partial charge in [0.2, 0.25) is 0 Å². The molecular formula is C17H21N3. The first-order valence-corrected chi connectivity index (χ1v) is 7.39. The van der Waals surface area contributed by atoms with Gasteiger partial charge in [-0.3, -0.25) is 0 Å². The molecule has 0 saturated heterocycles. The van der Waals surface area contributed by atoms with Crippen LogP contribution in [0, 0.1) is 0 Å². The molecule has 0 unspecified atom stereocenters. The summed E-state index contributed by atoms with van der Waals surface area (Å²) in [5.74, 6) is 0.959. The average Bonchev–Trinajstić information content (AvgIpc) is 3.01. The first-order valence-electron chi connectivity index (χ1n) is 7.39. The summed E-state index contributed by atoms with van der Waals surface area (Å²) in [5.41, 5.74) is 9.07. The molecule has 1 aliphatic rings. The van der Waals surface area contributed by atoms with Crippen molar-refractivity contribution in [2.45, 2.75) is 38.3 Å². The third-order valence-corrected chi connectivity index (χ3v) is 3.96. The fraction of sp³-hybridized carbons (Fsp3) is 0.353. The molecule has 1 aliphatic carbocycles. The minimum Gasteiger partial charge on any atom is -0.367 e. The van der Waals surface area contributed by atoms with E-state index in [1.54, 1.807) is 0 Å². The van der Waals surface area contributed by atoms with E-state index >= 15 is 0 Å². The van der Waals surface area contributed by atoms with Crippen molar-refractivity contribution >= 4 is 5.82 Å². The van der Waals surface area contributed by atoms with Crippen LogP contribution < -0.4 is 11.1 Å². The summed E-state index contributed by atoms with van der Waals surface area (Å²) in [7, 11) is 0. The molecule has 1 aromatic carbocycles. The first-order chi connectivity index (χ1) is 9.86. The molecule has 3 N–H and O–H groups in total. The molecule has 0 atom stereocenters. The lowest BCUT2D eigenvalue weighted by Crippen LogP contribution is -2.18. The highest BCUT2D eigenvalue weighted by Crippen LogP contribution is 2.26. The van der Waals surface area contributed by atoms with Gasteiger partial charge in [-0.25, -0.2) is 4.98 Å². The number of anilines is 1. The standard InChI is InChI=1S/C17H21N3/c18-12-14-10-11-16(13-6-2-1-3-7-13)20-17(14)19-15-8-4-5-9-15/h1-3,6-7,10-11,15H,4-5,8-9,12,18H2,(H,19,20). The molecule has 0 spiro atoms. The van der Waals surface area contributed by atoms with Crippen molar-refractivity contribution < 1.29 is 0 Å². The van der Waals surface area contributed by atoms with Crippen molar-refractivity contribution in [1.29, 1.82) is 0 Å². The molecule has 1 heterocycles. The van der Waals surface area contributed by atoms with Crippen LogP contribution in [-0.2, 0) is 6.54 Å². The van der Waals surface area contributed by atoms with E-state index in [1.165, 1.54) is 25.7 Å². The van der Waals surface area contributed by atoms with Gasteiger partial charge in [-0.2, -0.15) is 0 Å². The molecule has 1 saturated carbocycles. The topological polar surface area (TPSA) is 50.9 Å². The van der Waals surface area contributed by atoms with Crippen molar-refractivity contribution in [2.24, 2.45) is 5.73 Å². The summed E-state index contributed by atoms with van der Waals surface area (Å²) in [4.78, 5) is 4.79. The van der Waals surface area contributed by atoms with E-state index in [9.17, 15) is 0 Å². The van der Waals surface area contributed by atoms with Crippen LogP contribution in [0.15, 0.2) is 42.5 Å². The van der Waals surface area contributed by atoms with E-state index in [4.69, 9.17) is 10.7 Å². The van der Waals surface area contributed by atoms with Gasteiger partial charge in [0.15, 0.2) is 0 Å². The van der Waals surface area contributed by atoms with Crippen molar-refractivity contribution in [2.75, 3.05) is 5.32 Å². The smallest absolute Gasteiger partial charge is 0.131 e. The highest BCUT2D eigenvalue weighted by molar-refractivity contribution is 5.63. The molecule has 0 bridgehead atoms. The summed E-state index contributed by atoms with van der Waals surface area (Å²) in [6, 6.07) is 15.0. The van der Waals surface area contributed by atoms with Gasteiger partial charge in [0.25, 0.3) is 0 Å². The molecule has 0 aliphatic heterocycles. The number of pyridine rings is 1. The Bertz CT molecular complexity index is 560. The minimum absolute atomic E-state index is 0.525. The maximum absolute atomic E-state index is 5.83. The highest BCUT2D eigenvalue weighted by atomic mass is 15.0. The average molecular weight is 267 g/mol. The Morgan fingerprint density at radius 2 is 1.80 bits per heavy atom. The quantitative estimate of drug-likeness (QED) is 0.890. The Hall–Kier alpha value is -1.87. The largest absolute Gasteiger partial charge is 0.367 e. The van der Waals surface area contributed by atoms with Gasteiger partial charge in [-0.1, -0.05) is 49.2 Å². The van der Waals surface area contributed by atoms with Crippen LogP contribution >= 0.6 is 0 Å². The van der Waals surface area contributed by atoms with Crippen molar-refractivity contribution in [1.82, 2.24) is 4.98 Å². The van der Waals surface area contributed by atoms with Crippen molar-refractivity contribution in [3.63, 3.8) is 0 Å².